The van der Waals surface area contributed by atoms with Gasteiger partial charge in [-0.15, -0.1) is 0 Å². The molecule has 2 rings (SSSR count). The molecule has 2 aromatic carbocycles. The molecule has 2 nitrogen and oxygen atoms in total. The Bertz CT molecular complexity index is 554. The van der Waals surface area contributed by atoms with Gasteiger partial charge in [0.05, 0.1) is 5.92 Å². The number of carboxylic acids is 1. The van der Waals surface area contributed by atoms with Crippen LogP contribution in [-0.4, -0.2) is 11.1 Å². The fraction of sp³-hybridized carbons (Fsp3) is 0.278. The summed E-state index contributed by atoms with van der Waals surface area (Å²) in [6.07, 6.45) is 0.311. The molecule has 110 valence electrons. The lowest BCUT2D eigenvalue weighted by Crippen LogP contribution is -2.11. The van der Waals surface area contributed by atoms with Crippen LogP contribution < -0.4 is 0 Å². The molecule has 21 heavy (non-hydrogen) atoms. The van der Waals surface area contributed by atoms with Crippen LogP contribution in [0.25, 0.3) is 0 Å². The van der Waals surface area contributed by atoms with E-state index in [0.717, 1.165) is 5.56 Å². The molecule has 0 saturated heterocycles. The molecule has 0 aromatic heterocycles. The Hall–Kier alpha value is -2.16. The number of alkyl halides is 1. The summed E-state index contributed by atoms with van der Waals surface area (Å²) in [4.78, 5) is 11.4. The number of benzene rings is 2. The largest absolute Gasteiger partial charge is 0.481 e. The summed E-state index contributed by atoms with van der Waals surface area (Å²) in [5.74, 6) is -1.41. The Labute approximate surface area is 124 Å². The van der Waals surface area contributed by atoms with Crippen molar-refractivity contribution in [3.8, 4) is 0 Å². The molecule has 0 aliphatic heterocycles. The van der Waals surface area contributed by atoms with E-state index < -0.39 is 18.1 Å². The van der Waals surface area contributed by atoms with Crippen molar-refractivity contribution in [2.75, 3.05) is 0 Å². The summed E-state index contributed by atoms with van der Waals surface area (Å²) < 4.78 is 14.0. The Morgan fingerprint density at radius 3 is 1.95 bits per heavy atom. The number of aliphatic carboxylic acids is 1. The van der Waals surface area contributed by atoms with Gasteiger partial charge in [-0.05, 0) is 30.4 Å². The van der Waals surface area contributed by atoms with E-state index in [1.807, 2.05) is 48.5 Å². The summed E-state index contributed by atoms with van der Waals surface area (Å²) >= 11 is 0. The van der Waals surface area contributed by atoms with Crippen LogP contribution >= 0.6 is 0 Å². The first kappa shape index (κ1) is 15.2. The Morgan fingerprint density at radius 2 is 1.43 bits per heavy atom. The van der Waals surface area contributed by atoms with Gasteiger partial charge in [0.15, 0.2) is 0 Å². The fourth-order valence-electron chi connectivity index (χ4n) is 2.45. The highest BCUT2D eigenvalue weighted by Gasteiger charge is 2.20. The Morgan fingerprint density at radius 1 is 0.905 bits per heavy atom. The maximum absolute atomic E-state index is 14.0. The number of rotatable bonds is 7. The molecule has 0 radical (unpaired) electrons. The highest BCUT2D eigenvalue weighted by molar-refractivity contribution is 5.75. The van der Waals surface area contributed by atoms with Crippen molar-refractivity contribution in [3.05, 3.63) is 71.8 Å². The van der Waals surface area contributed by atoms with Gasteiger partial charge in [-0.25, -0.2) is 4.39 Å². The summed E-state index contributed by atoms with van der Waals surface area (Å²) in [7, 11) is 0. The van der Waals surface area contributed by atoms with Crippen LogP contribution in [0.15, 0.2) is 60.7 Å². The molecule has 0 heterocycles. The van der Waals surface area contributed by atoms with E-state index in [2.05, 4.69) is 0 Å². The lowest BCUT2D eigenvalue weighted by molar-refractivity contribution is -0.139. The highest BCUT2D eigenvalue weighted by Crippen LogP contribution is 2.27. The number of carboxylic acid groups (broad SMARTS) is 1. The Balaban J connectivity index is 1.90. The number of halogens is 1. The lowest BCUT2D eigenvalue weighted by atomic mass is 9.92. The third-order valence-electron chi connectivity index (χ3n) is 3.61. The second-order valence-electron chi connectivity index (χ2n) is 5.11. The first-order valence-electron chi connectivity index (χ1n) is 7.15. The zero-order valence-corrected chi connectivity index (χ0v) is 11.8. The topological polar surface area (TPSA) is 37.3 Å². The summed E-state index contributed by atoms with van der Waals surface area (Å²) in [6.45, 7) is 0. The molecule has 3 heteroatoms. The first-order valence-corrected chi connectivity index (χ1v) is 7.15. The molecule has 0 spiro atoms. The van der Waals surface area contributed by atoms with Crippen LogP contribution in [0.2, 0.25) is 0 Å². The monoisotopic (exact) mass is 286 g/mol. The van der Waals surface area contributed by atoms with Crippen LogP contribution in [0.3, 0.4) is 0 Å². The van der Waals surface area contributed by atoms with Gasteiger partial charge in [0.25, 0.3) is 0 Å². The molecular formula is C18H19FO2. The van der Waals surface area contributed by atoms with Crippen LogP contribution in [0.5, 0.6) is 0 Å². The standard InChI is InChI=1S/C18H19FO2/c19-17(15-10-5-2-6-11-15)13-7-12-16(18(20)21)14-8-3-1-4-9-14/h1-6,8-11,16-17H,7,12-13H2,(H,20,21). The van der Waals surface area contributed by atoms with Gasteiger partial charge in [-0.1, -0.05) is 60.7 Å². The van der Waals surface area contributed by atoms with Crippen molar-refractivity contribution >= 4 is 5.97 Å². The van der Waals surface area contributed by atoms with E-state index in [1.54, 1.807) is 12.1 Å². The second-order valence-corrected chi connectivity index (χ2v) is 5.11. The molecule has 0 saturated carbocycles. The maximum Gasteiger partial charge on any atom is 0.310 e. The van der Waals surface area contributed by atoms with Crippen LogP contribution in [-0.2, 0) is 4.79 Å². The molecule has 1 N–H and O–H groups in total. The second kappa shape index (κ2) is 7.58. The van der Waals surface area contributed by atoms with Crippen molar-refractivity contribution in [2.45, 2.75) is 31.4 Å². The zero-order valence-electron chi connectivity index (χ0n) is 11.8. The summed E-state index contributed by atoms with van der Waals surface area (Å²) in [6, 6.07) is 18.1. The molecule has 0 fully saturated rings. The van der Waals surface area contributed by atoms with Gasteiger partial charge in [-0.3, -0.25) is 4.79 Å². The summed E-state index contributed by atoms with van der Waals surface area (Å²) in [5, 5.41) is 9.32. The van der Waals surface area contributed by atoms with Gasteiger partial charge in [0.1, 0.15) is 6.17 Å². The van der Waals surface area contributed by atoms with E-state index in [-0.39, 0.29) is 0 Å². The average Bonchev–Trinajstić information content (AvgIpc) is 2.52. The van der Waals surface area contributed by atoms with Gasteiger partial charge >= 0.3 is 5.97 Å². The van der Waals surface area contributed by atoms with Gasteiger partial charge < -0.3 is 5.11 Å². The molecule has 0 bridgehead atoms. The molecule has 0 amide bonds. The van der Waals surface area contributed by atoms with E-state index in [9.17, 15) is 14.3 Å². The van der Waals surface area contributed by atoms with Crippen LogP contribution in [0.4, 0.5) is 4.39 Å². The molecule has 0 aliphatic carbocycles. The predicted octanol–water partition coefficient (Wildman–Crippen LogP) is 4.74. The molecular weight excluding hydrogens is 267 g/mol. The number of hydrogen-bond acceptors (Lipinski definition) is 1. The number of hydrogen-bond donors (Lipinski definition) is 1. The lowest BCUT2D eigenvalue weighted by Gasteiger charge is -2.14. The SMILES string of the molecule is O=C(O)C(CCCC(F)c1ccccc1)c1ccccc1. The summed E-state index contributed by atoms with van der Waals surface area (Å²) in [5.41, 5.74) is 1.43. The van der Waals surface area contributed by atoms with Gasteiger partial charge in [-0.2, -0.15) is 0 Å². The smallest absolute Gasteiger partial charge is 0.310 e. The first-order chi connectivity index (χ1) is 10.2. The third kappa shape index (κ3) is 4.42. The molecule has 2 unspecified atom stereocenters. The van der Waals surface area contributed by atoms with Crippen molar-refractivity contribution < 1.29 is 14.3 Å². The molecule has 0 aliphatic rings. The van der Waals surface area contributed by atoms with Crippen molar-refractivity contribution in [1.29, 1.82) is 0 Å². The normalized spacial score (nSPS) is 13.6. The van der Waals surface area contributed by atoms with Crippen LogP contribution in [0.1, 0.15) is 42.5 Å². The average molecular weight is 286 g/mol. The van der Waals surface area contributed by atoms with E-state index in [0.29, 0.717) is 24.8 Å². The van der Waals surface area contributed by atoms with Gasteiger partial charge in [0.2, 0.25) is 0 Å². The van der Waals surface area contributed by atoms with Crippen molar-refractivity contribution in [2.24, 2.45) is 0 Å². The number of carbonyl (C=O) groups is 1. The predicted molar refractivity (Wildman–Crippen MR) is 81.0 cm³/mol. The quantitative estimate of drug-likeness (QED) is 0.798. The minimum atomic E-state index is -1.03. The highest BCUT2D eigenvalue weighted by atomic mass is 19.1. The minimum absolute atomic E-state index is 0.348. The Kier molecular flexibility index (Phi) is 5.50. The third-order valence-corrected chi connectivity index (χ3v) is 3.61. The van der Waals surface area contributed by atoms with Crippen molar-refractivity contribution in [3.63, 3.8) is 0 Å². The minimum Gasteiger partial charge on any atom is -0.481 e. The van der Waals surface area contributed by atoms with E-state index in [1.165, 1.54) is 0 Å². The van der Waals surface area contributed by atoms with E-state index >= 15 is 0 Å². The van der Waals surface area contributed by atoms with E-state index in [4.69, 9.17) is 0 Å². The van der Waals surface area contributed by atoms with Crippen LogP contribution in [0, 0.1) is 0 Å². The molecule has 2 atom stereocenters. The molecule has 2 aromatic rings. The zero-order chi connectivity index (χ0) is 15.1. The maximum atomic E-state index is 14.0. The van der Waals surface area contributed by atoms with Gasteiger partial charge in [0, 0.05) is 0 Å². The fourth-order valence-corrected chi connectivity index (χ4v) is 2.45. The van der Waals surface area contributed by atoms with Crippen molar-refractivity contribution in [1.82, 2.24) is 0 Å².